The average Bonchev–Trinajstić information content (AvgIpc) is 3.40. The molecule has 0 atom stereocenters. The zero-order valence-corrected chi connectivity index (χ0v) is 21.0. The molecule has 6 aromatic rings. The van der Waals surface area contributed by atoms with Crippen molar-refractivity contribution in [3.63, 3.8) is 0 Å². The van der Waals surface area contributed by atoms with E-state index in [1.165, 1.54) is 6.07 Å². The van der Waals surface area contributed by atoms with Crippen molar-refractivity contribution >= 4 is 39.0 Å². The molecule has 6 heteroatoms. The average molecular weight is 512 g/mol. The number of anilines is 3. The van der Waals surface area contributed by atoms with Gasteiger partial charge in [-0.3, -0.25) is 0 Å². The molecule has 0 aliphatic rings. The van der Waals surface area contributed by atoms with Gasteiger partial charge in [0.2, 0.25) is 0 Å². The Morgan fingerprint density at radius 3 is 1.90 bits per heavy atom. The van der Waals surface area contributed by atoms with E-state index in [0.29, 0.717) is 22.5 Å². The maximum atomic E-state index is 9.65. The van der Waals surface area contributed by atoms with E-state index in [1.807, 2.05) is 77.7 Å². The van der Waals surface area contributed by atoms with Crippen molar-refractivity contribution in [3.8, 4) is 35.4 Å². The van der Waals surface area contributed by atoms with Crippen LogP contribution in [-0.4, -0.2) is 0 Å². The van der Waals surface area contributed by atoms with E-state index in [9.17, 15) is 21.0 Å². The fourth-order valence-corrected chi connectivity index (χ4v) is 4.94. The molecule has 0 bridgehead atoms. The molecule has 40 heavy (non-hydrogen) atoms. The molecule has 0 aliphatic heterocycles. The summed E-state index contributed by atoms with van der Waals surface area (Å²) in [4.78, 5) is 1.86. The summed E-state index contributed by atoms with van der Waals surface area (Å²) in [5.41, 5.74) is 6.64. The van der Waals surface area contributed by atoms with Gasteiger partial charge in [-0.1, -0.05) is 48.5 Å². The van der Waals surface area contributed by atoms with Gasteiger partial charge in [0.1, 0.15) is 23.3 Å². The summed E-state index contributed by atoms with van der Waals surface area (Å²) < 4.78 is 6.22. The summed E-state index contributed by atoms with van der Waals surface area (Å²) in [5, 5.41) is 40.3. The van der Waals surface area contributed by atoms with Crippen molar-refractivity contribution in [2.45, 2.75) is 0 Å². The van der Waals surface area contributed by atoms with Gasteiger partial charge in [0.05, 0.1) is 34.4 Å². The first-order valence-corrected chi connectivity index (χ1v) is 12.3. The monoisotopic (exact) mass is 511 g/mol. The molecule has 5 aromatic carbocycles. The maximum absolute atomic E-state index is 9.65. The highest BCUT2D eigenvalue weighted by Crippen LogP contribution is 2.39. The molecule has 6 nitrogen and oxygen atoms in total. The molecule has 1 aromatic heterocycles. The number of nitriles is 4. The first-order chi connectivity index (χ1) is 19.6. The van der Waals surface area contributed by atoms with Gasteiger partial charge in [-0.15, -0.1) is 0 Å². The van der Waals surface area contributed by atoms with E-state index >= 15 is 0 Å². The summed E-state index contributed by atoms with van der Waals surface area (Å²) in [6.45, 7) is 0. The van der Waals surface area contributed by atoms with Crippen LogP contribution in [-0.2, 0) is 0 Å². The fourth-order valence-electron chi connectivity index (χ4n) is 4.94. The van der Waals surface area contributed by atoms with Crippen LogP contribution in [0.15, 0.2) is 108 Å². The number of benzene rings is 5. The molecule has 184 valence electrons. The maximum Gasteiger partial charge on any atom is 0.143 e. The van der Waals surface area contributed by atoms with E-state index in [1.54, 1.807) is 30.3 Å². The normalized spacial score (nSPS) is 10.4. The number of rotatable bonds is 4. The number of hydrogen-bond donors (Lipinski definition) is 0. The summed E-state index contributed by atoms with van der Waals surface area (Å²) in [5.74, 6) is 0. The van der Waals surface area contributed by atoms with Crippen LogP contribution in [0.2, 0.25) is 0 Å². The SMILES string of the molecule is N#Cc1cc(C#N)cc(N(c2ccc(-c3cccc4c3oc3ccccc34)cc2)c2ccc(C#N)c(C#N)c2)c1. The largest absolute Gasteiger partial charge is 0.455 e. The van der Waals surface area contributed by atoms with Crippen LogP contribution >= 0.6 is 0 Å². The molecule has 0 saturated carbocycles. The first kappa shape index (κ1) is 24.0. The zero-order chi connectivity index (χ0) is 27.6. The van der Waals surface area contributed by atoms with Crippen molar-refractivity contribution in [2.24, 2.45) is 0 Å². The molecule has 0 saturated heterocycles. The zero-order valence-electron chi connectivity index (χ0n) is 21.0. The third-order valence-electron chi connectivity index (χ3n) is 6.78. The third-order valence-corrected chi connectivity index (χ3v) is 6.78. The predicted octanol–water partition coefficient (Wildman–Crippen LogP) is 8.21. The summed E-state index contributed by atoms with van der Waals surface area (Å²) in [7, 11) is 0. The van der Waals surface area contributed by atoms with Crippen molar-refractivity contribution in [1.82, 2.24) is 0 Å². The standard InChI is InChI=1S/C34H17N5O/c35-18-22-14-23(19-36)16-29(15-22)39(28-13-10-25(20-37)26(17-28)21-38)27-11-8-24(9-12-27)30-5-3-6-32-31-4-1-2-7-33(31)40-34(30)32/h1-17H. The first-order valence-electron chi connectivity index (χ1n) is 12.3. The number of fused-ring (bicyclic) bond motifs is 3. The Morgan fingerprint density at radius 1 is 0.525 bits per heavy atom. The molecule has 0 unspecified atom stereocenters. The van der Waals surface area contributed by atoms with Crippen molar-refractivity contribution in [2.75, 3.05) is 4.90 Å². The van der Waals surface area contributed by atoms with Crippen LogP contribution < -0.4 is 4.90 Å². The Kier molecular flexibility index (Phi) is 5.91. The van der Waals surface area contributed by atoms with Crippen LogP contribution in [0.25, 0.3) is 33.1 Å². The number of nitrogens with zero attached hydrogens (tertiary/aromatic N) is 5. The molecule has 0 amide bonds. The van der Waals surface area contributed by atoms with Gasteiger partial charge in [0.25, 0.3) is 0 Å². The Hall–Kier alpha value is -6.34. The quantitative estimate of drug-likeness (QED) is 0.236. The summed E-state index contributed by atoms with van der Waals surface area (Å²) >= 11 is 0. The van der Waals surface area contributed by atoms with Crippen LogP contribution in [0.3, 0.4) is 0 Å². The highest BCUT2D eigenvalue weighted by molar-refractivity contribution is 6.09. The van der Waals surface area contributed by atoms with E-state index in [2.05, 4.69) is 18.2 Å². The van der Waals surface area contributed by atoms with E-state index in [4.69, 9.17) is 4.42 Å². The lowest BCUT2D eigenvalue weighted by molar-refractivity contribution is 0.670. The van der Waals surface area contributed by atoms with Gasteiger partial charge in [0.15, 0.2) is 0 Å². The second kappa shape index (κ2) is 9.85. The van der Waals surface area contributed by atoms with Crippen LogP contribution in [0, 0.1) is 45.3 Å². The van der Waals surface area contributed by atoms with E-state index < -0.39 is 0 Å². The highest BCUT2D eigenvalue weighted by Gasteiger charge is 2.18. The van der Waals surface area contributed by atoms with Gasteiger partial charge in [0, 0.05) is 33.4 Å². The number of hydrogen-bond acceptors (Lipinski definition) is 6. The smallest absolute Gasteiger partial charge is 0.143 e. The molecule has 6 rings (SSSR count). The minimum absolute atomic E-state index is 0.232. The molecule has 0 fully saturated rings. The molecule has 0 radical (unpaired) electrons. The lowest BCUT2D eigenvalue weighted by atomic mass is 10.0. The van der Waals surface area contributed by atoms with Gasteiger partial charge in [-0.2, -0.15) is 21.0 Å². The van der Waals surface area contributed by atoms with Crippen molar-refractivity contribution in [1.29, 1.82) is 21.0 Å². The Balaban J connectivity index is 1.51. The molecular weight excluding hydrogens is 494 g/mol. The van der Waals surface area contributed by atoms with E-state index in [0.717, 1.165) is 38.8 Å². The second-order valence-electron chi connectivity index (χ2n) is 9.11. The van der Waals surface area contributed by atoms with Gasteiger partial charge >= 0.3 is 0 Å². The Labute approximate surface area is 230 Å². The molecule has 0 aliphatic carbocycles. The van der Waals surface area contributed by atoms with Gasteiger partial charge in [-0.25, -0.2) is 0 Å². The number of furan rings is 1. The topological polar surface area (TPSA) is 112 Å². The van der Waals surface area contributed by atoms with Crippen molar-refractivity contribution < 1.29 is 4.42 Å². The Morgan fingerprint density at radius 2 is 1.20 bits per heavy atom. The van der Waals surface area contributed by atoms with Gasteiger partial charge < -0.3 is 9.32 Å². The summed E-state index contributed by atoms with van der Waals surface area (Å²) in [6.07, 6.45) is 0. The Bertz CT molecular complexity index is 2080. The second-order valence-corrected chi connectivity index (χ2v) is 9.11. The fraction of sp³-hybridized carbons (Fsp3) is 0. The highest BCUT2D eigenvalue weighted by atomic mass is 16.3. The van der Waals surface area contributed by atoms with Crippen LogP contribution in [0.5, 0.6) is 0 Å². The number of para-hydroxylation sites is 2. The van der Waals surface area contributed by atoms with Crippen LogP contribution in [0.4, 0.5) is 17.1 Å². The predicted molar refractivity (Wildman–Crippen MR) is 153 cm³/mol. The lowest BCUT2D eigenvalue weighted by Gasteiger charge is -2.26. The molecular formula is C34H17N5O. The molecule has 1 heterocycles. The lowest BCUT2D eigenvalue weighted by Crippen LogP contribution is -2.11. The molecule has 0 N–H and O–H groups in total. The molecule has 0 spiro atoms. The minimum Gasteiger partial charge on any atom is -0.455 e. The van der Waals surface area contributed by atoms with E-state index in [-0.39, 0.29) is 11.1 Å². The van der Waals surface area contributed by atoms with Crippen LogP contribution in [0.1, 0.15) is 22.3 Å². The van der Waals surface area contributed by atoms with Gasteiger partial charge in [-0.05, 0) is 60.2 Å². The summed E-state index contributed by atoms with van der Waals surface area (Å²) in [6, 6.07) is 40.1. The third kappa shape index (κ3) is 4.06. The minimum atomic E-state index is 0.232. The van der Waals surface area contributed by atoms with Crippen molar-refractivity contribution in [3.05, 3.63) is 125 Å².